The van der Waals surface area contributed by atoms with E-state index in [0.717, 1.165) is 18.5 Å². The Morgan fingerprint density at radius 2 is 2.05 bits per heavy atom. The number of hydrogen-bond acceptors (Lipinski definition) is 2. The molecule has 0 saturated carbocycles. The molecule has 1 fully saturated rings. The monoisotopic (exact) mass is 260 g/mol. The molecule has 1 amide bonds. The standard InChI is InChI=1S/C16H24N2O/c1-12-7-6-10-18(13(12)2)16(19)15(11-17)14-8-4-3-5-9-14/h3-5,8-9,12-13,15H,6-7,10-11,17H2,1-2H3. The summed E-state index contributed by atoms with van der Waals surface area (Å²) < 4.78 is 0. The molecule has 3 nitrogen and oxygen atoms in total. The lowest BCUT2D eigenvalue weighted by molar-refractivity contribution is -0.137. The highest BCUT2D eigenvalue weighted by atomic mass is 16.2. The minimum atomic E-state index is -0.200. The lowest BCUT2D eigenvalue weighted by Gasteiger charge is -2.39. The highest BCUT2D eigenvalue weighted by molar-refractivity contribution is 5.84. The molecule has 1 heterocycles. The Balaban J connectivity index is 2.17. The summed E-state index contributed by atoms with van der Waals surface area (Å²) in [5.41, 5.74) is 6.87. The van der Waals surface area contributed by atoms with Crippen LogP contribution < -0.4 is 5.73 Å². The van der Waals surface area contributed by atoms with Gasteiger partial charge in [-0.15, -0.1) is 0 Å². The van der Waals surface area contributed by atoms with Gasteiger partial charge in [0.1, 0.15) is 0 Å². The van der Waals surface area contributed by atoms with Crippen LogP contribution in [-0.2, 0) is 4.79 Å². The van der Waals surface area contributed by atoms with Crippen molar-refractivity contribution in [3.05, 3.63) is 35.9 Å². The zero-order chi connectivity index (χ0) is 13.8. The Kier molecular flexibility index (Phi) is 4.59. The van der Waals surface area contributed by atoms with Crippen LogP contribution in [0.15, 0.2) is 30.3 Å². The van der Waals surface area contributed by atoms with Crippen LogP contribution in [0, 0.1) is 5.92 Å². The van der Waals surface area contributed by atoms with E-state index in [-0.39, 0.29) is 11.8 Å². The fraction of sp³-hybridized carbons (Fsp3) is 0.562. The van der Waals surface area contributed by atoms with E-state index >= 15 is 0 Å². The Morgan fingerprint density at radius 3 is 2.68 bits per heavy atom. The van der Waals surface area contributed by atoms with Crippen molar-refractivity contribution in [3.8, 4) is 0 Å². The first-order valence-electron chi connectivity index (χ1n) is 7.20. The molecule has 1 aliphatic rings. The van der Waals surface area contributed by atoms with Crippen LogP contribution in [0.25, 0.3) is 0 Å². The third-order valence-corrected chi connectivity index (χ3v) is 4.39. The molecule has 2 rings (SSSR count). The van der Waals surface area contributed by atoms with Crippen LogP contribution in [0.1, 0.15) is 38.2 Å². The van der Waals surface area contributed by atoms with Gasteiger partial charge in [0.05, 0.1) is 5.92 Å². The van der Waals surface area contributed by atoms with Gasteiger partial charge in [0.15, 0.2) is 0 Å². The fourth-order valence-electron chi connectivity index (χ4n) is 2.91. The summed E-state index contributed by atoms with van der Waals surface area (Å²) >= 11 is 0. The van der Waals surface area contributed by atoms with Crippen molar-refractivity contribution in [2.24, 2.45) is 11.7 Å². The first-order valence-corrected chi connectivity index (χ1v) is 7.20. The predicted octanol–water partition coefficient (Wildman–Crippen LogP) is 2.38. The van der Waals surface area contributed by atoms with Crippen LogP contribution in [0.5, 0.6) is 0 Å². The van der Waals surface area contributed by atoms with Crippen LogP contribution in [0.3, 0.4) is 0 Å². The van der Waals surface area contributed by atoms with Crippen molar-refractivity contribution in [3.63, 3.8) is 0 Å². The average Bonchev–Trinajstić information content (AvgIpc) is 2.44. The molecule has 19 heavy (non-hydrogen) atoms. The molecule has 2 N–H and O–H groups in total. The summed E-state index contributed by atoms with van der Waals surface area (Å²) in [4.78, 5) is 14.8. The zero-order valence-electron chi connectivity index (χ0n) is 11.9. The van der Waals surface area contributed by atoms with Crippen molar-refractivity contribution < 1.29 is 4.79 Å². The van der Waals surface area contributed by atoms with Crippen molar-refractivity contribution in [1.82, 2.24) is 4.90 Å². The summed E-state index contributed by atoms with van der Waals surface area (Å²) in [6.07, 6.45) is 2.31. The number of rotatable bonds is 3. The molecule has 1 aromatic rings. The van der Waals surface area contributed by atoms with Gasteiger partial charge in [-0.05, 0) is 31.2 Å². The number of carbonyl (C=O) groups excluding carboxylic acids is 1. The summed E-state index contributed by atoms with van der Waals surface area (Å²) in [7, 11) is 0. The molecular weight excluding hydrogens is 236 g/mol. The molecule has 104 valence electrons. The van der Waals surface area contributed by atoms with E-state index in [1.165, 1.54) is 6.42 Å². The minimum absolute atomic E-state index is 0.188. The van der Waals surface area contributed by atoms with Crippen LogP contribution in [0.2, 0.25) is 0 Å². The van der Waals surface area contributed by atoms with Gasteiger partial charge < -0.3 is 10.6 Å². The van der Waals surface area contributed by atoms with Gasteiger partial charge in [0, 0.05) is 19.1 Å². The predicted molar refractivity (Wildman–Crippen MR) is 77.8 cm³/mol. The SMILES string of the molecule is CC1CCCN(C(=O)C(CN)c2ccccc2)C1C. The second-order valence-electron chi connectivity index (χ2n) is 5.59. The number of nitrogens with zero attached hydrogens (tertiary/aromatic N) is 1. The number of amides is 1. The molecular formula is C16H24N2O. The van der Waals surface area contributed by atoms with Crippen LogP contribution >= 0.6 is 0 Å². The molecule has 1 saturated heterocycles. The normalized spacial score (nSPS) is 25.1. The van der Waals surface area contributed by atoms with E-state index in [4.69, 9.17) is 5.73 Å². The largest absolute Gasteiger partial charge is 0.339 e. The average molecular weight is 260 g/mol. The van der Waals surface area contributed by atoms with Crippen molar-refractivity contribution in [1.29, 1.82) is 0 Å². The molecule has 3 heteroatoms. The lowest BCUT2D eigenvalue weighted by atomic mass is 9.89. The van der Waals surface area contributed by atoms with Gasteiger partial charge in [-0.25, -0.2) is 0 Å². The summed E-state index contributed by atoms with van der Waals surface area (Å²) in [6, 6.07) is 10.2. The molecule has 3 atom stereocenters. The maximum Gasteiger partial charge on any atom is 0.231 e. The number of likely N-dealkylation sites (tertiary alicyclic amines) is 1. The second-order valence-corrected chi connectivity index (χ2v) is 5.59. The lowest BCUT2D eigenvalue weighted by Crippen LogP contribution is -2.48. The van der Waals surface area contributed by atoms with Crippen molar-refractivity contribution >= 4 is 5.91 Å². The summed E-state index contributed by atoms with van der Waals surface area (Å²) in [6.45, 7) is 5.62. The number of benzene rings is 1. The summed E-state index contributed by atoms with van der Waals surface area (Å²) in [5, 5.41) is 0. The van der Waals surface area contributed by atoms with Gasteiger partial charge in [-0.3, -0.25) is 4.79 Å². The quantitative estimate of drug-likeness (QED) is 0.907. The molecule has 0 radical (unpaired) electrons. The minimum Gasteiger partial charge on any atom is -0.339 e. The van der Waals surface area contributed by atoms with Crippen LogP contribution in [0.4, 0.5) is 0 Å². The molecule has 3 unspecified atom stereocenters. The first kappa shape index (κ1) is 14.1. The van der Waals surface area contributed by atoms with Crippen molar-refractivity contribution in [2.75, 3.05) is 13.1 Å². The summed E-state index contributed by atoms with van der Waals surface area (Å²) in [5.74, 6) is 0.564. The Hall–Kier alpha value is -1.35. The van der Waals surface area contributed by atoms with E-state index < -0.39 is 0 Å². The number of carbonyl (C=O) groups is 1. The van der Waals surface area contributed by atoms with E-state index in [9.17, 15) is 4.79 Å². The smallest absolute Gasteiger partial charge is 0.231 e. The van der Waals surface area contributed by atoms with E-state index in [1.807, 2.05) is 35.2 Å². The third kappa shape index (κ3) is 2.98. The maximum absolute atomic E-state index is 12.7. The highest BCUT2D eigenvalue weighted by Gasteiger charge is 2.32. The van der Waals surface area contributed by atoms with Gasteiger partial charge in [-0.1, -0.05) is 37.3 Å². The number of hydrogen-bond donors (Lipinski definition) is 1. The van der Waals surface area contributed by atoms with Gasteiger partial charge in [0.2, 0.25) is 5.91 Å². The fourth-order valence-corrected chi connectivity index (χ4v) is 2.91. The Morgan fingerprint density at radius 1 is 1.37 bits per heavy atom. The Labute approximate surface area is 115 Å². The van der Waals surface area contributed by atoms with E-state index in [0.29, 0.717) is 18.5 Å². The van der Waals surface area contributed by atoms with Gasteiger partial charge in [-0.2, -0.15) is 0 Å². The van der Waals surface area contributed by atoms with E-state index in [1.54, 1.807) is 0 Å². The second kappa shape index (κ2) is 6.20. The Bertz CT molecular complexity index is 418. The molecule has 1 aliphatic heterocycles. The number of piperidine rings is 1. The molecule has 0 bridgehead atoms. The molecule has 0 aromatic heterocycles. The highest BCUT2D eigenvalue weighted by Crippen LogP contribution is 2.27. The molecule has 0 aliphatic carbocycles. The van der Waals surface area contributed by atoms with Gasteiger partial charge in [0.25, 0.3) is 0 Å². The first-order chi connectivity index (χ1) is 9.15. The van der Waals surface area contributed by atoms with Crippen molar-refractivity contribution in [2.45, 2.75) is 38.6 Å². The van der Waals surface area contributed by atoms with Crippen LogP contribution in [-0.4, -0.2) is 29.9 Å². The molecule has 0 spiro atoms. The maximum atomic E-state index is 12.7. The molecule has 1 aromatic carbocycles. The topological polar surface area (TPSA) is 46.3 Å². The van der Waals surface area contributed by atoms with Gasteiger partial charge >= 0.3 is 0 Å². The van der Waals surface area contributed by atoms with E-state index in [2.05, 4.69) is 13.8 Å². The third-order valence-electron chi connectivity index (χ3n) is 4.39. The zero-order valence-corrected chi connectivity index (χ0v) is 11.9. The number of nitrogens with two attached hydrogens (primary N) is 1.